The minimum absolute atomic E-state index is 0.135. The monoisotopic (exact) mass is 202 g/mol. The van der Waals surface area contributed by atoms with Crippen LogP contribution in [-0.4, -0.2) is 39.1 Å². The molecule has 0 amide bonds. The van der Waals surface area contributed by atoms with Gasteiger partial charge in [-0.05, 0) is 24.7 Å². The van der Waals surface area contributed by atoms with Crippen molar-refractivity contribution in [1.82, 2.24) is 0 Å². The Morgan fingerprint density at radius 1 is 1.21 bits per heavy atom. The first-order valence-corrected chi connectivity index (χ1v) is 5.26. The number of aliphatic hydroxyl groups is 1. The Labute approximate surface area is 86.4 Å². The van der Waals surface area contributed by atoms with Crippen molar-refractivity contribution in [2.75, 3.05) is 34.0 Å². The van der Waals surface area contributed by atoms with Gasteiger partial charge in [0.25, 0.3) is 0 Å². The second-order valence-electron chi connectivity index (χ2n) is 4.69. The summed E-state index contributed by atoms with van der Waals surface area (Å²) in [4.78, 5) is 0. The molecule has 0 heterocycles. The van der Waals surface area contributed by atoms with Gasteiger partial charge in [0.15, 0.2) is 0 Å². The zero-order valence-electron chi connectivity index (χ0n) is 9.45. The Kier molecular flexibility index (Phi) is 4.35. The van der Waals surface area contributed by atoms with Gasteiger partial charge in [-0.2, -0.15) is 0 Å². The lowest BCUT2D eigenvalue weighted by Crippen LogP contribution is -2.29. The molecule has 0 bridgehead atoms. The molecule has 84 valence electrons. The molecule has 2 atom stereocenters. The van der Waals surface area contributed by atoms with E-state index in [1.54, 1.807) is 14.2 Å². The summed E-state index contributed by atoms with van der Waals surface area (Å²) in [6.07, 6.45) is 2.12. The van der Waals surface area contributed by atoms with Crippen molar-refractivity contribution in [2.45, 2.75) is 19.8 Å². The molecule has 1 saturated carbocycles. The minimum atomic E-state index is 0.135. The number of aliphatic hydroxyl groups excluding tert-OH is 1. The van der Waals surface area contributed by atoms with E-state index in [0.717, 1.165) is 26.1 Å². The Morgan fingerprint density at radius 3 is 2.14 bits per heavy atom. The van der Waals surface area contributed by atoms with Crippen molar-refractivity contribution in [1.29, 1.82) is 0 Å². The van der Waals surface area contributed by atoms with Crippen LogP contribution in [0.1, 0.15) is 19.8 Å². The van der Waals surface area contributed by atoms with Crippen LogP contribution in [0.5, 0.6) is 0 Å². The maximum Gasteiger partial charge on any atom is 0.0540 e. The van der Waals surface area contributed by atoms with E-state index in [9.17, 15) is 5.11 Å². The quantitative estimate of drug-likeness (QED) is 0.730. The molecule has 14 heavy (non-hydrogen) atoms. The van der Waals surface area contributed by atoms with Crippen LogP contribution in [-0.2, 0) is 9.47 Å². The highest BCUT2D eigenvalue weighted by molar-refractivity contribution is 4.92. The van der Waals surface area contributed by atoms with E-state index in [1.807, 2.05) is 0 Å². The Morgan fingerprint density at radius 2 is 1.79 bits per heavy atom. The highest BCUT2D eigenvalue weighted by Crippen LogP contribution is 2.45. The molecule has 0 unspecified atom stereocenters. The van der Waals surface area contributed by atoms with Gasteiger partial charge in [-0.25, -0.2) is 0 Å². The normalized spacial score (nSPS) is 30.9. The molecule has 1 aliphatic rings. The van der Waals surface area contributed by atoms with Crippen LogP contribution in [0.15, 0.2) is 0 Å². The van der Waals surface area contributed by atoms with Crippen LogP contribution in [0.4, 0.5) is 0 Å². The predicted molar refractivity (Wildman–Crippen MR) is 55.2 cm³/mol. The molecule has 0 saturated heterocycles. The molecular formula is C11H22O3. The molecule has 0 aromatic rings. The number of rotatable bonds is 5. The Bertz CT molecular complexity index is 164. The second kappa shape index (κ2) is 5.10. The molecule has 0 aliphatic heterocycles. The lowest BCUT2D eigenvalue weighted by atomic mass is 9.87. The van der Waals surface area contributed by atoms with Crippen LogP contribution < -0.4 is 0 Å². The van der Waals surface area contributed by atoms with Crippen molar-refractivity contribution >= 4 is 0 Å². The molecule has 1 rings (SSSR count). The van der Waals surface area contributed by atoms with Gasteiger partial charge in [-0.3, -0.25) is 0 Å². The highest BCUT2D eigenvalue weighted by atomic mass is 16.5. The van der Waals surface area contributed by atoms with E-state index in [0.29, 0.717) is 11.8 Å². The van der Waals surface area contributed by atoms with Gasteiger partial charge in [-0.15, -0.1) is 0 Å². The fraction of sp³-hybridized carbons (Fsp3) is 1.00. The molecule has 1 N–H and O–H groups in total. The zero-order valence-corrected chi connectivity index (χ0v) is 9.45. The van der Waals surface area contributed by atoms with Gasteiger partial charge >= 0.3 is 0 Å². The molecule has 0 aromatic heterocycles. The topological polar surface area (TPSA) is 38.7 Å². The first-order valence-electron chi connectivity index (χ1n) is 5.26. The van der Waals surface area contributed by atoms with Crippen LogP contribution in [0, 0.1) is 17.3 Å². The van der Waals surface area contributed by atoms with Crippen molar-refractivity contribution < 1.29 is 14.6 Å². The van der Waals surface area contributed by atoms with Gasteiger partial charge in [-0.1, -0.05) is 6.92 Å². The van der Waals surface area contributed by atoms with E-state index in [-0.39, 0.29) is 12.0 Å². The number of hydrogen-bond donors (Lipinski definition) is 1. The number of methoxy groups -OCH3 is 2. The SMILES string of the molecule is COCC1(COC)C[C@H](CO)[C@@H](C)C1. The van der Waals surface area contributed by atoms with E-state index in [4.69, 9.17) is 9.47 Å². The third-order valence-electron chi connectivity index (χ3n) is 3.39. The summed E-state index contributed by atoms with van der Waals surface area (Å²) in [5.74, 6) is 0.991. The molecule has 3 heteroatoms. The lowest BCUT2D eigenvalue weighted by Gasteiger charge is -2.27. The summed E-state index contributed by atoms with van der Waals surface area (Å²) in [7, 11) is 3.46. The molecule has 0 spiro atoms. The third-order valence-corrected chi connectivity index (χ3v) is 3.39. The fourth-order valence-corrected chi connectivity index (χ4v) is 2.82. The summed E-state index contributed by atoms with van der Waals surface area (Å²) in [5.41, 5.74) is 0.135. The maximum absolute atomic E-state index is 9.22. The minimum Gasteiger partial charge on any atom is -0.396 e. The smallest absolute Gasteiger partial charge is 0.0540 e. The first-order chi connectivity index (χ1) is 6.67. The van der Waals surface area contributed by atoms with Gasteiger partial charge in [0.05, 0.1) is 13.2 Å². The van der Waals surface area contributed by atoms with Crippen LogP contribution in [0.3, 0.4) is 0 Å². The number of ether oxygens (including phenoxy) is 2. The summed E-state index contributed by atoms with van der Waals surface area (Å²) < 4.78 is 10.5. The molecule has 1 fully saturated rings. The zero-order chi connectivity index (χ0) is 10.6. The molecular weight excluding hydrogens is 180 g/mol. The Balaban J connectivity index is 2.61. The lowest BCUT2D eigenvalue weighted by molar-refractivity contribution is 0.00941. The maximum atomic E-state index is 9.22. The average molecular weight is 202 g/mol. The van der Waals surface area contributed by atoms with E-state index in [2.05, 4.69) is 6.92 Å². The van der Waals surface area contributed by atoms with Crippen LogP contribution in [0.2, 0.25) is 0 Å². The summed E-state index contributed by atoms with van der Waals surface area (Å²) in [5, 5.41) is 9.22. The van der Waals surface area contributed by atoms with Crippen LogP contribution in [0.25, 0.3) is 0 Å². The molecule has 1 aliphatic carbocycles. The van der Waals surface area contributed by atoms with E-state index < -0.39 is 0 Å². The molecule has 3 nitrogen and oxygen atoms in total. The fourth-order valence-electron chi connectivity index (χ4n) is 2.82. The third kappa shape index (κ3) is 2.47. The summed E-state index contributed by atoms with van der Waals surface area (Å²) >= 11 is 0. The highest BCUT2D eigenvalue weighted by Gasteiger charge is 2.43. The second-order valence-corrected chi connectivity index (χ2v) is 4.69. The predicted octanol–water partition coefficient (Wildman–Crippen LogP) is 1.30. The van der Waals surface area contributed by atoms with Gasteiger partial charge < -0.3 is 14.6 Å². The van der Waals surface area contributed by atoms with Crippen molar-refractivity contribution in [3.8, 4) is 0 Å². The van der Waals surface area contributed by atoms with Crippen LogP contribution >= 0.6 is 0 Å². The number of hydrogen-bond acceptors (Lipinski definition) is 3. The standard InChI is InChI=1S/C11H22O3/c1-9-4-11(7-13-2,8-14-3)5-10(9)6-12/h9-10,12H,4-8H2,1-3H3/t9-,10+/m0/s1. The van der Waals surface area contributed by atoms with Gasteiger partial charge in [0, 0.05) is 26.2 Å². The summed E-state index contributed by atoms with van der Waals surface area (Å²) in [6, 6.07) is 0. The summed E-state index contributed by atoms with van der Waals surface area (Å²) in [6.45, 7) is 3.97. The van der Waals surface area contributed by atoms with Gasteiger partial charge in [0.1, 0.15) is 0 Å². The van der Waals surface area contributed by atoms with Crippen molar-refractivity contribution in [2.24, 2.45) is 17.3 Å². The van der Waals surface area contributed by atoms with Crippen molar-refractivity contribution in [3.63, 3.8) is 0 Å². The largest absolute Gasteiger partial charge is 0.396 e. The van der Waals surface area contributed by atoms with Gasteiger partial charge in [0.2, 0.25) is 0 Å². The first kappa shape index (κ1) is 12.0. The Hall–Kier alpha value is -0.120. The van der Waals surface area contributed by atoms with Crippen molar-refractivity contribution in [3.05, 3.63) is 0 Å². The van der Waals surface area contributed by atoms with E-state index in [1.165, 1.54) is 0 Å². The molecule has 0 aromatic carbocycles. The molecule has 0 radical (unpaired) electrons. The van der Waals surface area contributed by atoms with E-state index >= 15 is 0 Å². The average Bonchev–Trinajstić information content (AvgIpc) is 2.44.